The summed E-state index contributed by atoms with van der Waals surface area (Å²) in [5.41, 5.74) is 2.67. The molecule has 0 aliphatic carbocycles. The molecule has 3 rings (SSSR count). The molecular weight excluding hydrogens is 306 g/mol. The Hall–Kier alpha value is -2.11. The Morgan fingerprint density at radius 3 is 2.71 bits per heavy atom. The molecular formula is C15H14ClN3OS. The Bertz CT molecular complexity index is 767. The zero-order chi connectivity index (χ0) is 13.9. The number of carbonyl (C=O) groups excluding carboxylic acids is 1. The lowest BCUT2D eigenvalue weighted by Crippen LogP contribution is -2.19. The van der Waals surface area contributed by atoms with E-state index in [1.54, 1.807) is 12.3 Å². The molecule has 2 N–H and O–H groups in total. The molecule has 1 aromatic carbocycles. The number of urea groups is 1. The van der Waals surface area contributed by atoms with Crippen LogP contribution in [0.3, 0.4) is 0 Å². The lowest BCUT2D eigenvalue weighted by molar-refractivity contribution is 0.262. The zero-order valence-electron chi connectivity index (χ0n) is 11.3. The molecule has 0 fully saturated rings. The molecule has 0 aliphatic heterocycles. The second-order valence-electron chi connectivity index (χ2n) is 4.39. The largest absolute Gasteiger partial charge is 0.324 e. The van der Waals surface area contributed by atoms with Gasteiger partial charge in [-0.1, -0.05) is 18.2 Å². The van der Waals surface area contributed by atoms with Crippen LogP contribution in [0.1, 0.15) is 5.56 Å². The van der Waals surface area contributed by atoms with Gasteiger partial charge in [0.1, 0.15) is 0 Å². The monoisotopic (exact) mass is 319 g/mol. The van der Waals surface area contributed by atoms with Crippen LogP contribution >= 0.6 is 23.7 Å². The first-order valence-electron chi connectivity index (χ1n) is 6.20. The summed E-state index contributed by atoms with van der Waals surface area (Å²) in [5.74, 6) is 0. The summed E-state index contributed by atoms with van der Waals surface area (Å²) in [5, 5.41) is 9.46. The first-order chi connectivity index (χ1) is 9.74. The van der Waals surface area contributed by atoms with Crippen LogP contribution in [-0.4, -0.2) is 11.0 Å². The molecule has 21 heavy (non-hydrogen) atoms. The van der Waals surface area contributed by atoms with E-state index in [0.717, 1.165) is 27.2 Å². The summed E-state index contributed by atoms with van der Waals surface area (Å²) in [7, 11) is 0. The van der Waals surface area contributed by atoms with Crippen LogP contribution in [0.5, 0.6) is 0 Å². The molecule has 0 atom stereocenters. The van der Waals surface area contributed by atoms with Crippen molar-refractivity contribution in [2.75, 3.05) is 10.6 Å². The van der Waals surface area contributed by atoms with E-state index in [4.69, 9.17) is 0 Å². The van der Waals surface area contributed by atoms with E-state index in [-0.39, 0.29) is 18.4 Å². The third kappa shape index (κ3) is 3.32. The minimum atomic E-state index is -0.244. The maximum atomic E-state index is 12.0. The van der Waals surface area contributed by atoms with Gasteiger partial charge in [-0.05, 0) is 36.1 Å². The van der Waals surface area contributed by atoms with Gasteiger partial charge in [0.05, 0.1) is 16.2 Å². The van der Waals surface area contributed by atoms with Crippen molar-refractivity contribution in [1.82, 2.24) is 4.98 Å². The molecule has 0 bridgehead atoms. The SMILES string of the molecule is Cc1ccsc1NC(=O)Nc1ccnc2ccccc12.Cl. The third-order valence-corrected chi connectivity index (χ3v) is 3.92. The standard InChI is InChI=1S/C15H13N3OS.ClH/c1-10-7-9-20-14(10)18-15(19)17-13-6-8-16-12-5-3-2-4-11(12)13;/h2-9H,1H3,(H2,16,17,18,19);1H. The Morgan fingerprint density at radius 2 is 1.95 bits per heavy atom. The summed E-state index contributed by atoms with van der Waals surface area (Å²) in [4.78, 5) is 16.3. The second-order valence-corrected chi connectivity index (χ2v) is 5.30. The number of rotatable bonds is 2. The van der Waals surface area contributed by atoms with E-state index in [1.165, 1.54) is 11.3 Å². The number of nitrogens with zero attached hydrogens (tertiary/aromatic N) is 1. The molecule has 0 radical (unpaired) electrons. The molecule has 4 nitrogen and oxygen atoms in total. The van der Waals surface area contributed by atoms with Crippen molar-refractivity contribution in [3.8, 4) is 0 Å². The van der Waals surface area contributed by atoms with Gasteiger partial charge in [-0.25, -0.2) is 4.79 Å². The normalized spacial score (nSPS) is 9.95. The van der Waals surface area contributed by atoms with Crippen molar-refractivity contribution in [2.45, 2.75) is 6.92 Å². The van der Waals surface area contributed by atoms with Crippen molar-refractivity contribution in [1.29, 1.82) is 0 Å². The molecule has 0 saturated heterocycles. The van der Waals surface area contributed by atoms with E-state index in [1.807, 2.05) is 42.6 Å². The van der Waals surface area contributed by atoms with Gasteiger partial charge in [-0.15, -0.1) is 23.7 Å². The summed E-state index contributed by atoms with van der Waals surface area (Å²) in [6, 6.07) is 11.2. The van der Waals surface area contributed by atoms with E-state index < -0.39 is 0 Å². The maximum Gasteiger partial charge on any atom is 0.324 e. The number of benzene rings is 1. The summed E-state index contributed by atoms with van der Waals surface area (Å²) >= 11 is 1.51. The molecule has 2 heterocycles. The van der Waals surface area contributed by atoms with Crippen LogP contribution < -0.4 is 10.6 Å². The van der Waals surface area contributed by atoms with Gasteiger partial charge in [-0.2, -0.15) is 0 Å². The van der Waals surface area contributed by atoms with E-state index >= 15 is 0 Å². The number of thiophene rings is 1. The third-order valence-electron chi connectivity index (χ3n) is 2.99. The highest BCUT2D eigenvalue weighted by Gasteiger charge is 2.08. The topological polar surface area (TPSA) is 54.0 Å². The minimum Gasteiger partial charge on any atom is -0.307 e. The fraction of sp³-hybridized carbons (Fsp3) is 0.0667. The highest BCUT2D eigenvalue weighted by molar-refractivity contribution is 7.14. The average Bonchev–Trinajstić information content (AvgIpc) is 2.85. The van der Waals surface area contributed by atoms with Crippen LogP contribution in [0.15, 0.2) is 48.0 Å². The lowest BCUT2D eigenvalue weighted by Gasteiger charge is -2.09. The Kier molecular flexibility index (Phi) is 4.77. The smallest absolute Gasteiger partial charge is 0.307 e. The summed E-state index contributed by atoms with van der Waals surface area (Å²) in [6.07, 6.45) is 1.69. The van der Waals surface area contributed by atoms with Gasteiger partial charge in [0.2, 0.25) is 0 Å². The number of aromatic nitrogens is 1. The van der Waals surface area contributed by atoms with Gasteiger partial charge in [0.25, 0.3) is 0 Å². The fourth-order valence-electron chi connectivity index (χ4n) is 1.96. The second kappa shape index (κ2) is 6.56. The number of fused-ring (bicyclic) bond motifs is 1. The molecule has 0 unspecified atom stereocenters. The number of amides is 2. The van der Waals surface area contributed by atoms with E-state index in [0.29, 0.717) is 0 Å². The maximum absolute atomic E-state index is 12.0. The van der Waals surface area contributed by atoms with Gasteiger partial charge >= 0.3 is 6.03 Å². The number of para-hydroxylation sites is 1. The predicted octanol–water partition coefficient (Wildman–Crippen LogP) is 4.67. The van der Waals surface area contributed by atoms with Crippen molar-refractivity contribution in [3.05, 3.63) is 53.5 Å². The quantitative estimate of drug-likeness (QED) is 0.721. The molecule has 0 saturated carbocycles. The van der Waals surface area contributed by atoms with Crippen molar-refractivity contribution in [3.63, 3.8) is 0 Å². The number of aryl methyl sites for hydroxylation is 1. The Morgan fingerprint density at radius 1 is 1.14 bits per heavy atom. The van der Waals surface area contributed by atoms with Crippen LogP contribution in [0, 0.1) is 6.92 Å². The highest BCUT2D eigenvalue weighted by atomic mass is 35.5. The zero-order valence-corrected chi connectivity index (χ0v) is 12.9. The van der Waals surface area contributed by atoms with Crippen LogP contribution in [0.25, 0.3) is 10.9 Å². The molecule has 0 spiro atoms. The average molecular weight is 320 g/mol. The van der Waals surface area contributed by atoms with E-state index in [2.05, 4.69) is 15.6 Å². The predicted molar refractivity (Wildman–Crippen MR) is 90.7 cm³/mol. The molecule has 3 aromatic rings. The van der Waals surface area contributed by atoms with E-state index in [9.17, 15) is 4.79 Å². The molecule has 2 amide bonds. The number of hydrogen-bond donors (Lipinski definition) is 2. The number of pyridine rings is 1. The number of anilines is 2. The molecule has 108 valence electrons. The van der Waals surface area contributed by atoms with Gasteiger partial charge in [-0.3, -0.25) is 10.3 Å². The number of carbonyl (C=O) groups is 1. The summed E-state index contributed by atoms with van der Waals surface area (Å²) in [6.45, 7) is 1.97. The van der Waals surface area contributed by atoms with Crippen LogP contribution in [0.4, 0.5) is 15.5 Å². The van der Waals surface area contributed by atoms with Crippen molar-refractivity contribution in [2.24, 2.45) is 0 Å². The Labute approximate surface area is 132 Å². The van der Waals surface area contributed by atoms with Gasteiger partial charge in [0, 0.05) is 11.6 Å². The van der Waals surface area contributed by atoms with Crippen molar-refractivity contribution < 1.29 is 4.79 Å². The number of halogens is 1. The molecule has 6 heteroatoms. The van der Waals surface area contributed by atoms with Crippen LogP contribution in [-0.2, 0) is 0 Å². The van der Waals surface area contributed by atoms with Crippen LogP contribution in [0.2, 0.25) is 0 Å². The van der Waals surface area contributed by atoms with Gasteiger partial charge < -0.3 is 5.32 Å². The lowest BCUT2D eigenvalue weighted by atomic mass is 10.2. The first kappa shape index (κ1) is 15.3. The van der Waals surface area contributed by atoms with Gasteiger partial charge in [0.15, 0.2) is 0 Å². The Balaban J connectivity index is 0.00000161. The molecule has 2 aromatic heterocycles. The molecule has 0 aliphatic rings. The summed E-state index contributed by atoms with van der Waals surface area (Å²) < 4.78 is 0. The first-order valence-corrected chi connectivity index (χ1v) is 7.08. The minimum absolute atomic E-state index is 0. The number of hydrogen-bond acceptors (Lipinski definition) is 3. The number of nitrogens with one attached hydrogen (secondary N) is 2. The fourth-order valence-corrected chi connectivity index (χ4v) is 2.78. The highest BCUT2D eigenvalue weighted by Crippen LogP contribution is 2.24. The van der Waals surface area contributed by atoms with Crippen molar-refractivity contribution >= 4 is 51.4 Å².